The molecule has 0 amide bonds. The third-order valence-corrected chi connectivity index (χ3v) is 3.30. The molecule has 0 aromatic heterocycles. The van der Waals surface area contributed by atoms with Gasteiger partial charge in [-0.2, -0.15) is 0 Å². The van der Waals surface area contributed by atoms with Crippen molar-refractivity contribution >= 4 is 28.3 Å². The van der Waals surface area contributed by atoms with E-state index in [2.05, 4.69) is 66.0 Å². The van der Waals surface area contributed by atoms with Crippen molar-refractivity contribution < 1.29 is 0 Å². The van der Waals surface area contributed by atoms with Crippen LogP contribution in [0.1, 0.15) is 33.1 Å². The van der Waals surface area contributed by atoms with E-state index in [0.29, 0.717) is 6.04 Å². The van der Waals surface area contributed by atoms with Gasteiger partial charge < -0.3 is 5.32 Å². The van der Waals surface area contributed by atoms with E-state index in [1.807, 2.05) is 0 Å². The Bertz CT molecular complexity index is 273. The second-order valence-corrected chi connectivity index (χ2v) is 4.68. The van der Waals surface area contributed by atoms with Crippen LogP contribution in [0.4, 0.5) is 5.69 Å². The molecule has 1 rings (SSSR count). The van der Waals surface area contributed by atoms with Crippen LogP contribution in [0.5, 0.6) is 0 Å². The van der Waals surface area contributed by atoms with Crippen molar-refractivity contribution in [1.29, 1.82) is 0 Å². The number of nitrogens with one attached hydrogen (secondary N) is 1. The van der Waals surface area contributed by atoms with Gasteiger partial charge in [0.05, 0.1) is 0 Å². The molecule has 1 aromatic rings. The lowest BCUT2D eigenvalue weighted by Gasteiger charge is -2.18. The lowest BCUT2D eigenvalue weighted by molar-refractivity contribution is 0.622. The first-order chi connectivity index (χ1) is 6.77. The zero-order valence-corrected chi connectivity index (χ0v) is 11.0. The highest BCUT2D eigenvalue weighted by atomic mass is 127. The number of halogens is 1. The molecule has 0 bridgehead atoms. The van der Waals surface area contributed by atoms with E-state index in [9.17, 15) is 0 Å². The maximum absolute atomic E-state index is 3.59. The Kier molecular flexibility index (Phi) is 5.30. The topological polar surface area (TPSA) is 12.0 Å². The van der Waals surface area contributed by atoms with Gasteiger partial charge in [-0.1, -0.05) is 32.4 Å². The number of anilines is 1. The molecule has 0 radical (unpaired) electrons. The molecule has 0 aliphatic carbocycles. The standard InChI is InChI=1S/C12H18IN/c1-3-7-10(4-2)14-12-9-6-5-8-11(12)13/h5-6,8-10,14H,3-4,7H2,1-2H3. The van der Waals surface area contributed by atoms with Gasteiger partial charge in [-0.15, -0.1) is 0 Å². The largest absolute Gasteiger partial charge is 0.381 e. The summed E-state index contributed by atoms with van der Waals surface area (Å²) in [6.07, 6.45) is 3.69. The summed E-state index contributed by atoms with van der Waals surface area (Å²) in [5.74, 6) is 0. The fourth-order valence-electron chi connectivity index (χ4n) is 1.52. The molecule has 0 spiro atoms. The average molecular weight is 303 g/mol. The molecule has 0 aliphatic heterocycles. The van der Waals surface area contributed by atoms with Crippen molar-refractivity contribution in [3.8, 4) is 0 Å². The van der Waals surface area contributed by atoms with E-state index in [1.165, 1.54) is 28.5 Å². The van der Waals surface area contributed by atoms with E-state index in [0.717, 1.165) is 0 Å². The minimum Gasteiger partial charge on any atom is -0.381 e. The lowest BCUT2D eigenvalue weighted by atomic mass is 10.1. The summed E-state index contributed by atoms with van der Waals surface area (Å²) in [6, 6.07) is 9.08. The van der Waals surface area contributed by atoms with Crippen molar-refractivity contribution in [2.75, 3.05) is 5.32 Å². The second kappa shape index (κ2) is 6.27. The third kappa shape index (κ3) is 3.48. The molecule has 0 saturated heterocycles. The zero-order chi connectivity index (χ0) is 10.4. The van der Waals surface area contributed by atoms with Crippen LogP contribution in [0.25, 0.3) is 0 Å². The molecule has 14 heavy (non-hydrogen) atoms. The van der Waals surface area contributed by atoms with Gasteiger partial charge in [-0.25, -0.2) is 0 Å². The molecule has 78 valence electrons. The Morgan fingerprint density at radius 2 is 2.00 bits per heavy atom. The molecule has 0 fully saturated rings. The smallest absolute Gasteiger partial charge is 0.0478 e. The van der Waals surface area contributed by atoms with Gasteiger partial charge in [-0.3, -0.25) is 0 Å². The molecule has 1 nitrogen and oxygen atoms in total. The van der Waals surface area contributed by atoms with E-state index >= 15 is 0 Å². The first-order valence-electron chi connectivity index (χ1n) is 5.29. The van der Waals surface area contributed by atoms with Crippen molar-refractivity contribution in [1.82, 2.24) is 0 Å². The van der Waals surface area contributed by atoms with Crippen LogP contribution >= 0.6 is 22.6 Å². The predicted molar refractivity (Wildman–Crippen MR) is 71.8 cm³/mol. The first kappa shape index (κ1) is 11.8. The highest BCUT2D eigenvalue weighted by Gasteiger charge is 2.05. The molecule has 1 unspecified atom stereocenters. The predicted octanol–water partition coefficient (Wildman–Crippen LogP) is 4.28. The summed E-state index contributed by atoms with van der Waals surface area (Å²) in [5, 5.41) is 3.59. The Morgan fingerprint density at radius 1 is 1.29 bits per heavy atom. The van der Waals surface area contributed by atoms with E-state index in [4.69, 9.17) is 0 Å². The molecule has 1 N–H and O–H groups in total. The minimum atomic E-state index is 0.621. The molecule has 1 aromatic carbocycles. The van der Waals surface area contributed by atoms with E-state index in [1.54, 1.807) is 0 Å². The SMILES string of the molecule is CCCC(CC)Nc1ccccc1I. The van der Waals surface area contributed by atoms with Gasteiger partial charge in [-0.05, 0) is 47.6 Å². The van der Waals surface area contributed by atoms with Gasteiger partial charge in [0.25, 0.3) is 0 Å². The lowest BCUT2D eigenvalue weighted by Crippen LogP contribution is -2.18. The normalized spacial score (nSPS) is 12.5. The maximum atomic E-state index is 3.59. The van der Waals surface area contributed by atoms with E-state index in [-0.39, 0.29) is 0 Å². The van der Waals surface area contributed by atoms with Gasteiger partial charge in [0, 0.05) is 15.3 Å². The summed E-state index contributed by atoms with van der Waals surface area (Å²) in [5.41, 5.74) is 1.27. The molecule has 0 heterocycles. The summed E-state index contributed by atoms with van der Waals surface area (Å²) in [7, 11) is 0. The van der Waals surface area contributed by atoms with Crippen LogP contribution in [-0.2, 0) is 0 Å². The minimum absolute atomic E-state index is 0.621. The fourth-order valence-corrected chi connectivity index (χ4v) is 2.07. The Hall–Kier alpha value is -0.250. The summed E-state index contributed by atoms with van der Waals surface area (Å²) in [6.45, 7) is 4.48. The highest BCUT2D eigenvalue weighted by molar-refractivity contribution is 14.1. The first-order valence-corrected chi connectivity index (χ1v) is 6.36. The summed E-state index contributed by atoms with van der Waals surface area (Å²) in [4.78, 5) is 0. The molecule has 0 aliphatic rings. The Labute approximate surface area is 100 Å². The molecular weight excluding hydrogens is 285 g/mol. The van der Waals surface area contributed by atoms with Crippen molar-refractivity contribution in [2.24, 2.45) is 0 Å². The van der Waals surface area contributed by atoms with Crippen LogP contribution in [0.15, 0.2) is 24.3 Å². The van der Waals surface area contributed by atoms with Crippen molar-refractivity contribution in [2.45, 2.75) is 39.2 Å². The zero-order valence-electron chi connectivity index (χ0n) is 8.89. The van der Waals surface area contributed by atoms with Crippen LogP contribution in [-0.4, -0.2) is 6.04 Å². The van der Waals surface area contributed by atoms with Gasteiger partial charge >= 0.3 is 0 Å². The van der Waals surface area contributed by atoms with Crippen molar-refractivity contribution in [3.05, 3.63) is 27.8 Å². The number of benzene rings is 1. The van der Waals surface area contributed by atoms with Gasteiger partial charge in [0.15, 0.2) is 0 Å². The van der Waals surface area contributed by atoms with Gasteiger partial charge in [0.1, 0.15) is 0 Å². The molecule has 2 heteroatoms. The average Bonchev–Trinajstić information content (AvgIpc) is 2.20. The fraction of sp³-hybridized carbons (Fsp3) is 0.500. The van der Waals surface area contributed by atoms with Crippen LogP contribution < -0.4 is 5.32 Å². The molecule has 0 saturated carbocycles. The number of hydrogen-bond acceptors (Lipinski definition) is 1. The quantitative estimate of drug-likeness (QED) is 0.801. The van der Waals surface area contributed by atoms with Crippen molar-refractivity contribution in [3.63, 3.8) is 0 Å². The maximum Gasteiger partial charge on any atom is 0.0478 e. The third-order valence-electron chi connectivity index (χ3n) is 2.36. The molecular formula is C12H18IN. The van der Waals surface area contributed by atoms with Crippen LogP contribution in [0.3, 0.4) is 0 Å². The molecule has 1 atom stereocenters. The van der Waals surface area contributed by atoms with Crippen LogP contribution in [0.2, 0.25) is 0 Å². The Balaban J connectivity index is 2.62. The highest BCUT2D eigenvalue weighted by Crippen LogP contribution is 2.19. The van der Waals surface area contributed by atoms with Crippen LogP contribution in [0, 0.1) is 3.57 Å². The monoisotopic (exact) mass is 303 g/mol. The summed E-state index contributed by atoms with van der Waals surface area (Å²) >= 11 is 2.38. The second-order valence-electron chi connectivity index (χ2n) is 3.52. The number of para-hydroxylation sites is 1. The van der Waals surface area contributed by atoms with E-state index < -0.39 is 0 Å². The Morgan fingerprint density at radius 3 is 2.57 bits per heavy atom. The number of hydrogen-bond donors (Lipinski definition) is 1. The number of rotatable bonds is 5. The summed E-state index contributed by atoms with van der Waals surface area (Å²) < 4.78 is 1.31. The van der Waals surface area contributed by atoms with Gasteiger partial charge in [0.2, 0.25) is 0 Å².